The molecule has 0 atom stereocenters. The second kappa shape index (κ2) is 5.47. The number of nitrogens with zero attached hydrogens (tertiary/aromatic N) is 1. The molecule has 0 amide bonds. The zero-order chi connectivity index (χ0) is 9.68. The number of aliphatic hydroxyl groups is 1. The van der Waals surface area contributed by atoms with Crippen LogP contribution in [0.5, 0.6) is 0 Å². The molecule has 0 saturated heterocycles. The molecule has 0 unspecified atom stereocenters. The topological polar surface area (TPSA) is 23.5 Å². The molecule has 0 aliphatic rings. The summed E-state index contributed by atoms with van der Waals surface area (Å²) in [5.41, 5.74) is 0. The van der Waals surface area contributed by atoms with Crippen LogP contribution in [0.4, 0.5) is 5.00 Å². The highest BCUT2D eigenvalue weighted by Crippen LogP contribution is 2.28. The molecule has 1 aromatic rings. The summed E-state index contributed by atoms with van der Waals surface area (Å²) in [7, 11) is 2.04. The number of halogens is 1. The lowest BCUT2D eigenvalue weighted by Gasteiger charge is -2.15. The smallest absolute Gasteiger partial charge is 0.0950 e. The highest BCUT2D eigenvalue weighted by Gasteiger charge is 2.02. The standard InChI is InChI=1S/C9H14ClNOS/c1-11(6-2-3-7-12)9-5-4-8(10)13-9/h4-5,12H,2-3,6-7H2,1H3. The predicted molar refractivity (Wildman–Crippen MR) is 58.9 cm³/mol. The lowest BCUT2D eigenvalue weighted by molar-refractivity contribution is 0.285. The minimum Gasteiger partial charge on any atom is -0.396 e. The van der Waals surface area contributed by atoms with Crippen molar-refractivity contribution in [2.75, 3.05) is 25.1 Å². The summed E-state index contributed by atoms with van der Waals surface area (Å²) in [6.45, 7) is 1.25. The first-order valence-corrected chi connectivity index (χ1v) is 5.51. The van der Waals surface area contributed by atoms with Crippen LogP contribution in [0.2, 0.25) is 4.34 Å². The molecule has 0 bridgehead atoms. The van der Waals surface area contributed by atoms with Gasteiger partial charge in [0, 0.05) is 20.2 Å². The van der Waals surface area contributed by atoms with Gasteiger partial charge in [0.15, 0.2) is 0 Å². The molecule has 4 heteroatoms. The van der Waals surface area contributed by atoms with Crippen molar-refractivity contribution in [3.63, 3.8) is 0 Å². The molecule has 74 valence electrons. The van der Waals surface area contributed by atoms with Gasteiger partial charge in [-0.05, 0) is 25.0 Å². The second-order valence-electron chi connectivity index (χ2n) is 2.93. The van der Waals surface area contributed by atoms with Gasteiger partial charge >= 0.3 is 0 Å². The Labute approximate surface area is 87.8 Å². The van der Waals surface area contributed by atoms with Crippen LogP contribution >= 0.6 is 22.9 Å². The van der Waals surface area contributed by atoms with E-state index in [1.165, 1.54) is 5.00 Å². The lowest BCUT2D eigenvalue weighted by Crippen LogP contribution is -2.17. The summed E-state index contributed by atoms with van der Waals surface area (Å²) in [6.07, 6.45) is 1.88. The first kappa shape index (κ1) is 10.8. The van der Waals surface area contributed by atoms with Crippen LogP contribution in [0, 0.1) is 0 Å². The minimum atomic E-state index is 0.277. The largest absolute Gasteiger partial charge is 0.396 e. The van der Waals surface area contributed by atoms with Crippen molar-refractivity contribution in [2.45, 2.75) is 12.8 Å². The van der Waals surface area contributed by atoms with Crippen LogP contribution in [0.15, 0.2) is 12.1 Å². The van der Waals surface area contributed by atoms with E-state index >= 15 is 0 Å². The number of hydrogen-bond acceptors (Lipinski definition) is 3. The second-order valence-corrected chi connectivity index (χ2v) is 4.62. The van der Waals surface area contributed by atoms with Gasteiger partial charge in [-0.3, -0.25) is 0 Å². The normalized spacial score (nSPS) is 10.4. The third-order valence-electron chi connectivity index (χ3n) is 1.84. The van der Waals surface area contributed by atoms with Gasteiger partial charge in [0.05, 0.1) is 9.34 Å². The third-order valence-corrected chi connectivity index (χ3v) is 3.18. The Bertz CT molecular complexity index is 252. The van der Waals surface area contributed by atoms with E-state index in [1.807, 2.05) is 19.2 Å². The number of unbranched alkanes of at least 4 members (excludes halogenated alkanes) is 1. The molecule has 0 fully saturated rings. The molecule has 0 radical (unpaired) electrons. The van der Waals surface area contributed by atoms with Crippen LogP contribution < -0.4 is 4.90 Å². The summed E-state index contributed by atoms with van der Waals surface area (Å²) in [6, 6.07) is 3.93. The van der Waals surface area contributed by atoms with Crippen LogP contribution in [-0.4, -0.2) is 25.3 Å². The molecular weight excluding hydrogens is 206 g/mol. The van der Waals surface area contributed by atoms with Crippen LogP contribution in [0.25, 0.3) is 0 Å². The van der Waals surface area contributed by atoms with E-state index in [1.54, 1.807) is 11.3 Å². The van der Waals surface area contributed by atoms with E-state index in [2.05, 4.69) is 4.90 Å². The molecule has 1 rings (SSSR count). The Kier molecular flexibility index (Phi) is 4.56. The highest BCUT2D eigenvalue weighted by molar-refractivity contribution is 7.19. The average molecular weight is 220 g/mol. The summed E-state index contributed by atoms with van der Waals surface area (Å²) in [4.78, 5) is 2.16. The number of anilines is 1. The molecule has 0 aliphatic heterocycles. The van der Waals surface area contributed by atoms with Crippen LogP contribution in [0.3, 0.4) is 0 Å². The Balaban J connectivity index is 2.35. The third kappa shape index (κ3) is 3.55. The van der Waals surface area contributed by atoms with Crippen molar-refractivity contribution in [1.29, 1.82) is 0 Å². The van der Waals surface area contributed by atoms with E-state index in [9.17, 15) is 0 Å². The minimum absolute atomic E-state index is 0.277. The van der Waals surface area contributed by atoms with Gasteiger partial charge in [0.1, 0.15) is 0 Å². The predicted octanol–water partition coefficient (Wildman–Crippen LogP) is 2.61. The number of thiophene rings is 1. The van der Waals surface area contributed by atoms with Crippen molar-refractivity contribution < 1.29 is 5.11 Å². The Hall–Kier alpha value is -0.250. The zero-order valence-electron chi connectivity index (χ0n) is 7.66. The van der Waals surface area contributed by atoms with Crippen molar-refractivity contribution in [2.24, 2.45) is 0 Å². The lowest BCUT2D eigenvalue weighted by atomic mass is 10.3. The molecule has 0 saturated carbocycles. The van der Waals surface area contributed by atoms with Crippen molar-refractivity contribution in [1.82, 2.24) is 0 Å². The number of rotatable bonds is 5. The van der Waals surface area contributed by atoms with Gasteiger partial charge in [0.2, 0.25) is 0 Å². The Morgan fingerprint density at radius 2 is 2.23 bits per heavy atom. The van der Waals surface area contributed by atoms with E-state index in [-0.39, 0.29) is 6.61 Å². The Morgan fingerprint density at radius 1 is 1.46 bits per heavy atom. The van der Waals surface area contributed by atoms with E-state index < -0.39 is 0 Å². The van der Waals surface area contributed by atoms with E-state index in [0.29, 0.717) is 0 Å². The summed E-state index contributed by atoms with van der Waals surface area (Å²) in [5.74, 6) is 0. The van der Waals surface area contributed by atoms with Crippen molar-refractivity contribution in [3.8, 4) is 0 Å². The Morgan fingerprint density at radius 3 is 2.77 bits per heavy atom. The van der Waals surface area contributed by atoms with Gasteiger partial charge in [-0.25, -0.2) is 0 Å². The molecule has 1 heterocycles. The summed E-state index contributed by atoms with van der Waals surface area (Å²) in [5, 5.41) is 9.80. The number of hydrogen-bond donors (Lipinski definition) is 1. The molecule has 0 aromatic carbocycles. The number of aliphatic hydroxyl groups excluding tert-OH is 1. The average Bonchev–Trinajstić information content (AvgIpc) is 2.52. The first-order valence-electron chi connectivity index (χ1n) is 4.31. The van der Waals surface area contributed by atoms with Gasteiger partial charge in [0.25, 0.3) is 0 Å². The van der Waals surface area contributed by atoms with Crippen molar-refractivity contribution in [3.05, 3.63) is 16.5 Å². The summed E-state index contributed by atoms with van der Waals surface area (Å²) >= 11 is 7.40. The van der Waals surface area contributed by atoms with Crippen LogP contribution in [0.1, 0.15) is 12.8 Å². The van der Waals surface area contributed by atoms with E-state index in [0.717, 1.165) is 23.7 Å². The molecule has 13 heavy (non-hydrogen) atoms. The maximum Gasteiger partial charge on any atom is 0.0950 e. The fraction of sp³-hybridized carbons (Fsp3) is 0.556. The van der Waals surface area contributed by atoms with Crippen molar-refractivity contribution >= 4 is 27.9 Å². The zero-order valence-corrected chi connectivity index (χ0v) is 9.24. The quantitative estimate of drug-likeness (QED) is 0.770. The molecule has 0 spiro atoms. The van der Waals surface area contributed by atoms with Crippen LogP contribution in [-0.2, 0) is 0 Å². The van der Waals surface area contributed by atoms with Gasteiger partial charge in [-0.1, -0.05) is 11.6 Å². The summed E-state index contributed by atoms with van der Waals surface area (Å²) < 4.78 is 0.823. The maximum absolute atomic E-state index is 8.62. The fourth-order valence-corrected chi connectivity index (χ4v) is 2.10. The fourth-order valence-electron chi connectivity index (χ4n) is 1.08. The maximum atomic E-state index is 8.62. The molecule has 1 aromatic heterocycles. The first-order chi connectivity index (χ1) is 6.24. The van der Waals surface area contributed by atoms with Gasteiger partial charge in [-0.15, -0.1) is 11.3 Å². The SMILES string of the molecule is CN(CCCCO)c1ccc(Cl)s1. The van der Waals surface area contributed by atoms with Gasteiger partial charge < -0.3 is 10.0 Å². The van der Waals surface area contributed by atoms with E-state index in [4.69, 9.17) is 16.7 Å². The molecule has 2 nitrogen and oxygen atoms in total. The molecule has 1 N–H and O–H groups in total. The highest BCUT2D eigenvalue weighted by atomic mass is 35.5. The molecule has 0 aliphatic carbocycles. The van der Waals surface area contributed by atoms with Gasteiger partial charge in [-0.2, -0.15) is 0 Å². The monoisotopic (exact) mass is 219 g/mol. The molecular formula is C9H14ClNOS.